The highest BCUT2D eigenvalue weighted by molar-refractivity contribution is 5.97. The van der Waals surface area contributed by atoms with Crippen molar-refractivity contribution in [1.82, 2.24) is 0 Å². The molecule has 2 amide bonds. The number of aryl methyl sites for hydroxylation is 2. The third kappa shape index (κ3) is 3.35. The maximum Gasteiger partial charge on any atom is 0.414 e. The number of hydrogen-bond donors (Lipinski definition) is 1. The number of nitrogens with one attached hydrogen (secondary N) is 1. The lowest BCUT2D eigenvalue weighted by molar-refractivity contribution is -0.117. The molecule has 2 heterocycles. The molecule has 1 N–H and O–H groups in total. The van der Waals surface area contributed by atoms with Crippen LogP contribution in [0.15, 0.2) is 28.7 Å². The van der Waals surface area contributed by atoms with Crippen molar-refractivity contribution < 1.29 is 23.1 Å². The van der Waals surface area contributed by atoms with Gasteiger partial charge in [0.2, 0.25) is 5.91 Å². The van der Waals surface area contributed by atoms with Crippen molar-refractivity contribution in [1.29, 1.82) is 0 Å². The van der Waals surface area contributed by atoms with Crippen LogP contribution in [-0.4, -0.2) is 25.2 Å². The summed E-state index contributed by atoms with van der Waals surface area (Å²) >= 11 is 0. The molecule has 1 saturated heterocycles. The largest absolute Gasteiger partial charge is 0.466 e. The van der Waals surface area contributed by atoms with Crippen LogP contribution in [0.4, 0.5) is 20.6 Å². The van der Waals surface area contributed by atoms with Gasteiger partial charge in [0.05, 0.1) is 18.2 Å². The van der Waals surface area contributed by atoms with Gasteiger partial charge in [0.25, 0.3) is 0 Å². The molecule has 0 spiro atoms. The number of furan rings is 1. The first-order chi connectivity index (χ1) is 11.9. The average molecular weight is 346 g/mol. The van der Waals surface area contributed by atoms with Crippen LogP contribution in [0.2, 0.25) is 0 Å². The number of hydrogen-bond acceptors (Lipinski definition) is 4. The van der Waals surface area contributed by atoms with Crippen LogP contribution in [0.5, 0.6) is 0 Å². The lowest BCUT2D eigenvalue weighted by Crippen LogP contribution is -2.24. The van der Waals surface area contributed by atoms with Gasteiger partial charge < -0.3 is 14.5 Å². The van der Waals surface area contributed by atoms with Gasteiger partial charge in [0.15, 0.2) is 0 Å². The molecule has 7 heteroatoms. The van der Waals surface area contributed by atoms with Crippen LogP contribution in [0, 0.1) is 19.7 Å². The van der Waals surface area contributed by atoms with Crippen LogP contribution in [0.3, 0.4) is 0 Å². The van der Waals surface area contributed by atoms with Crippen LogP contribution >= 0.6 is 0 Å². The second-order valence-corrected chi connectivity index (χ2v) is 6.01. The quantitative estimate of drug-likeness (QED) is 0.915. The topological polar surface area (TPSA) is 71.8 Å². The van der Waals surface area contributed by atoms with E-state index < -0.39 is 17.8 Å². The normalized spacial score (nSPS) is 15.2. The Kier molecular flexibility index (Phi) is 4.48. The van der Waals surface area contributed by atoms with E-state index in [1.165, 1.54) is 23.1 Å². The van der Waals surface area contributed by atoms with Crippen molar-refractivity contribution in [3.8, 4) is 0 Å². The standard InChI is InChI=1S/C18H19FN2O4/c1-10-8-14(12(3)25-10)11(2)17(22)20-16-9-13(4-5-15(16)19)21-6-7-24-18(21)23/h4-5,8-9,11H,6-7H2,1-3H3,(H,20,22)/t11-/m0/s1. The molecule has 0 unspecified atom stereocenters. The summed E-state index contributed by atoms with van der Waals surface area (Å²) < 4.78 is 24.4. The molecular weight excluding hydrogens is 327 g/mol. The number of ether oxygens (including phenoxy) is 1. The van der Waals surface area contributed by atoms with Crippen LogP contribution in [-0.2, 0) is 9.53 Å². The summed E-state index contributed by atoms with van der Waals surface area (Å²) in [5.74, 6) is -0.0553. The zero-order valence-electron chi connectivity index (χ0n) is 14.3. The van der Waals surface area contributed by atoms with Gasteiger partial charge in [-0.2, -0.15) is 0 Å². The van der Waals surface area contributed by atoms with Crippen molar-refractivity contribution in [2.24, 2.45) is 0 Å². The number of nitrogens with zero attached hydrogens (tertiary/aromatic N) is 1. The molecule has 1 aliphatic rings. The summed E-state index contributed by atoms with van der Waals surface area (Å²) in [7, 11) is 0. The molecule has 0 bridgehead atoms. The highest BCUT2D eigenvalue weighted by atomic mass is 19.1. The van der Waals surface area contributed by atoms with E-state index in [0.29, 0.717) is 23.8 Å². The zero-order valence-corrected chi connectivity index (χ0v) is 14.3. The Balaban J connectivity index is 1.81. The van der Waals surface area contributed by atoms with Crippen molar-refractivity contribution in [2.75, 3.05) is 23.4 Å². The number of halogens is 1. The van der Waals surface area contributed by atoms with Gasteiger partial charge in [-0.15, -0.1) is 0 Å². The lowest BCUT2D eigenvalue weighted by Gasteiger charge is -2.16. The fraction of sp³-hybridized carbons (Fsp3) is 0.333. The van der Waals surface area contributed by atoms with Gasteiger partial charge in [0, 0.05) is 11.3 Å². The molecule has 1 aromatic carbocycles. The number of carbonyl (C=O) groups excluding carboxylic acids is 2. The Morgan fingerprint density at radius 3 is 2.68 bits per heavy atom. The van der Waals surface area contributed by atoms with Crippen molar-refractivity contribution in [3.05, 3.63) is 47.2 Å². The average Bonchev–Trinajstić information content (AvgIpc) is 3.13. The Morgan fingerprint density at radius 1 is 1.32 bits per heavy atom. The number of carbonyl (C=O) groups is 2. The van der Waals surface area contributed by atoms with Gasteiger partial charge in [-0.25, -0.2) is 9.18 Å². The zero-order chi connectivity index (χ0) is 18.1. The molecule has 132 valence electrons. The second kappa shape index (κ2) is 6.58. The fourth-order valence-corrected chi connectivity index (χ4v) is 2.87. The minimum atomic E-state index is -0.572. The van der Waals surface area contributed by atoms with Crippen molar-refractivity contribution in [3.63, 3.8) is 0 Å². The summed E-state index contributed by atoms with van der Waals surface area (Å²) in [5.41, 5.74) is 1.25. The van der Waals surface area contributed by atoms with Gasteiger partial charge in [-0.05, 0) is 45.0 Å². The molecule has 1 atom stereocenters. The predicted molar refractivity (Wildman–Crippen MR) is 90.3 cm³/mol. The van der Waals surface area contributed by atoms with E-state index in [2.05, 4.69) is 5.32 Å². The smallest absolute Gasteiger partial charge is 0.414 e. The summed E-state index contributed by atoms with van der Waals surface area (Å²) in [6.07, 6.45) is -0.484. The van der Waals surface area contributed by atoms with E-state index in [0.717, 1.165) is 5.56 Å². The number of cyclic esters (lactones) is 1. The maximum absolute atomic E-state index is 14.1. The molecule has 2 aromatic rings. The van der Waals surface area contributed by atoms with E-state index in [1.807, 2.05) is 0 Å². The lowest BCUT2D eigenvalue weighted by atomic mass is 10.0. The summed E-state index contributed by atoms with van der Waals surface area (Å²) in [4.78, 5) is 25.5. The fourth-order valence-electron chi connectivity index (χ4n) is 2.87. The van der Waals surface area contributed by atoms with Crippen LogP contribution in [0.25, 0.3) is 0 Å². The van der Waals surface area contributed by atoms with Crippen LogP contribution in [0.1, 0.15) is 29.9 Å². The molecule has 0 aliphatic carbocycles. The molecule has 1 fully saturated rings. The van der Waals surface area contributed by atoms with E-state index >= 15 is 0 Å². The first kappa shape index (κ1) is 17.0. The van der Waals surface area contributed by atoms with Crippen molar-refractivity contribution in [2.45, 2.75) is 26.7 Å². The monoisotopic (exact) mass is 346 g/mol. The minimum Gasteiger partial charge on any atom is -0.466 e. The molecule has 3 rings (SSSR count). The van der Waals surface area contributed by atoms with Gasteiger partial charge in [-0.1, -0.05) is 0 Å². The summed E-state index contributed by atoms with van der Waals surface area (Å²) in [6.45, 7) is 5.99. The third-order valence-corrected chi connectivity index (χ3v) is 4.22. The maximum atomic E-state index is 14.1. The van der Waals surface area contributed by atoms with Gasteiger partial charge >= 0.3 is 6.09 Å². The SMILES string of the molecule is Cc1cc([C@H](C)C(=O)Nc2cc(N3CCOC3=O)ccc2F)c(C)o1. The summed E-state index contributed by atoms with van der Waals surface area (Å²) in [6, 6.07) is 5.92. The van der Waals surface area contributed by atoms with Crippen LogP contribution < -0.4 is 10.2 Å². The van der Waals surface area contributed by atoms with E-state index in [-0.39, 0.29) is 18.2 Å². The predicted octanol–water partition coefficient (Wildman–Crippen LogP) is 3.73. The molecule has 6 nitrogen and oxygen atoms in total. The Bertz CT molecular complexity index is 830. The Labute approximate surface area is 144 Å². The molecule has 25 heavy (non-hydrogen) atoms. The Hall–Kier alpha value is -2.83. The highest BCUT2D eigenvalue weighted by Crippen LogP contribution is 2.28. The minimum absolute atomic E-state index is 0.0203. The molecule has 1 aromatic heterocycles. The molecule has 1 aliphatic heterocycles. The number of benzene rings is 1. The number of rotatable bonds is 4. The molecular formula is C18H19FN2O4. The first-order valence-corrected chi connectivity index (χ1v) is 7.98. The van der Waals surface area contributed by atoms with E-state index in [1.54, 1.807) is 26.8 Å². The third-order valence-electron chi connectivity index (χ3n) is 4.22. The number of anilines is 2. The van der Waals surface area contributed by atoms with E-state index in [9.17, 15) is 14.0 Å². The first-order valence-electron chi connectivity index (χ1n) is 7.98. The Morgan fingerprint density at radius 2 is 2.08 bits per heavy atom. The van der Waals surface area contributed by atoms with Gasteiger partial charge in [0.1, 0.15) is 23.9 Å². The van der Waals surface area contributed by atoms with E-state index in [4.69, 9.17) is 9.15 Å². The second-order valence-electron chi connectivity index (χ2n) is 6.01. The molecule has 0 radical (unpaired) electrons. The van der Waals surface area contributed by atoms with Crippen molar-refractivity contribution >= 4 is 23.4 Å². The highest BCUT2D eigenvalue weighted by Gasteiger charge is 2.25. The molecule has 0 saturated carbocycles. The number of amides is 2. The van der Waals surface area contributed by atoms with Gasteiger partial charge in [-0.3, -0.25) is 9.69 Å². The summed E-state index contributed by atoms with van der Waals surface area (Å²) in [5, 5.41) is 2.59.